The molecule has 4 heterocycles. The number of halogens is 4. The van der Waals surface area contributed by atoms with E-state index in [1.165, 1.54) is 24.6 Å². The zero-order valence-corrected chi connectivity index (χ0v) is 18.4. The molecule has 6 nitrogen and oxygen atoms in total. The summed E-state index contributed by atoms with van der Waals surface area (Å²) < 4.78 is 60.7. The number of nitrogens with zero attached hydrogens (tertiary/aromatic N) is 4. The quantitative estimate of drug-likeness (QED) is 0.393. The fraction of sp³-hybridized carbons (Fsp3) is 0.458. The van der Waals surface area contributed by atoms with Gasteiger partial charge in [-0.15, -0.1) is 0 Å². The van der Waals surface area contributed by atoms with Gasteiger partial charge in [0.2, 0.25) is 0 Å². The van der Waals surface area contributed by atoms with E-state index < -0.39 is 23.7 Å². The molecule has 2 aliphatic rings. The van der Waals surface area contributed by atoms with Crippen molar-refractivity contribution in [2.75, 3.05) is 19.7 Å². The minimum absolute atomic E-state index is 0.000706. The maximum atomic E-state index is 13.8. The van der Waals surface area contributed by atoms with Crippen LogP contribution >= 0.6 is 0 Å². The number of aromatic nitrogens is 3. The summed E-state index contributed by atoms with van der Waals surface area (Å²) in [6.45, 7) is 2.34. The molecule has 0 bridgehead atoms. The highest BCUT2D eigenvalue weighted by molar-refractivity contribution is 5.88. The number of carbonyl (C=O) groups is 1. The van der Waals surface area contributed by atoms with Crippen LogP contribution in [0.15, 0.2) is 36.4 Å². The summed E-state index contributed by atoms with van der Waals surface area (Å²) in [6, 6.07) is 7.39. The average Bonchev–Trinajstić information content (AvgIpc) is 3.26. The van der Waals surface area contributed by atoms with Crippen LogP contribution in [0.4, 0.5) is 17.6 Å². The summed E-state index contributed by atoms with van der Waals surface area (Å²) in [5.74, 6) is -1.07. The molecule has 0 spiro atoms. The SMILES string of the molecule is O=C(OC[C@H]1CCCN2CCCC[C@H]12)c1cc2nc(-c3ccc(F)cc3)cc(C(F)(F)F)n2n1. The van der Waals surface area contributed by atoms with E-state index in [4.69, 9.17) is 4.74 Å². The first kappa shape index (κ1) is 22.8. The Morgan fingerprint density at radius 1 is 1.06 bits per heavy atom. The van der Waals surface area contributed by atoms with Crippen molar-refractivity contribution in [1.82, 2.24) is 19.5 Å². The van der Waals surface area contributed by atoms with Crippen LogP contribution in [0.2, 0.25) is 0 Å². The number of hydrogen-bond donors (Lipinski definition) is 0. The van der Waals surface area contributed by atoms with Crippen LogP contribution < -0.4 is 0 Å². The summed E-state index contributed by atoms with van der Waals surface area (Å²) in [5, 5.41) is 3.86. The number of benzene rings is 1. The molecule has 0 N–H and O–H groups in total. The highest BCUT2D eigenvalue weighted by Crippen LogP contribution is 2.33. The Labute approximate surface area is 193 Å². The molecule has 2 atom stereocenters. The van der Waals surface area contributed by atoms with E-state index in [-0.39, 0.29) is 29.6 Å². The summed E-state index contributed by atoms with van der Waals surface area (Å²) in [5.41, 5.74) is -1.14. The molecule has 2 fully saturated rings. The first-order valence-electron chi connectivity index (χ1n) is 11.4. The summed E-state index contributed by atoms with van der Waals surface area (Å²) >= 11 is 0. The third-order valence-corrected chi connectivity index (χ3v) is 6.72. The van der Waals surface area contributed by atoms with Gasteiger partial charge in [-0.3, -0.25) is 4.90 Å². The molecule has 3 aromatic rings. The summed E-state index contributed by atoms with van der Waals surface area (Å²) in [6.07, 6.45) is 0.662. The second kappa shape index (κ2) is 8.98. The van der Waals surface area contributed by atoms with Gasteiger partial charge in [-0.1, -0.05) is 6.42 Å². The molecule has 0 aliphatic carbocycles. The number of carbonyl (C=O) groups excluding carboxylic acids is 1. The average molecular weight is 476 g/mol. The standard InChI is InChI=1S/C24H24F4N4O2/c25-17-8-6-15(7-9-17)18-12-21(24(26,27)28)32-22(29-18)13-19(30-32)23(33)34-14-16-4-3-11-31-10-2-1-5-20(16)31/h6-9,12-13,16,20H,1-5,10-11,14H2/t16-,20-/m1/s1. The van der Waals surface area contributed by atoms with Crippen molar-refractivity contribution < 1.29 is 27.1 Å². The van der Waals surface area contributed by atoms with E-state index in [1.54, 1.807) is 0 Å². The van der Waals surface area contributed by atoms with Crippen LogP contribution in [-0.2, 0) is 10.9 Å². The normalized spacial score (nSPS) is 21.4. The predicted octanol–water partition coefficient (Wildman–Crippen LogP) is 4.98. The molecule has 34 heavy (non-hydrogen) atoms. The highest BCUT2D eigenvalue weighted by atomic mass is 19.4. The van der Waals surface area contributed by atoms with Crippen molar-refractivity contribution in [2.45, 2.75) is 44.3 Å². The molecule has 2 aliphatic heterocycles. The minimum Gasteiger partial charge on any atom is -0.461 e. The maximum absolute atomic E-state index is 13.8. The number of rotatable bonds is 4. The van der Waals surface area contributed by atoms with Gasteiger partial charge in [-0.2, -0.15) is 18.3 Å². The fourth-order valence-corrected chi connectivity index (χ4v) is 5.07. The van der Waals surface area contributed by atoms with Crippen molar-refractivity contribution in [2.24, 2.45) is 5.92 Å². The van der Waals surface area contributed by atoms with Gasteiger partial charge in [0, 0.05) is 23.6 Å². The number of fused-ring (bicyclic) bond motifs is 2. The number of esters is 1. The van der Waals surface area contributed by atoms with Gasteiger partial charge in [0.1, 0.15) is 5.82 Å². The molecule has 2 aromatic heterocycles. The maximum Gasteiger partial charge on any atom is 0.433 e. The van der Waals surface area contributed by atoms with E-state index in [2.05, 4.69) is 15.0 Å². The second-order valence-electron chi connectivity index (χ2n) is 8.93. The molecule has 1 aromatic carbocycles. The minimum atomic E-state index is -4.74. The van der Waals surface area contributed by atoms with Crippen molar-refractivity contribution in [3.8, 4) is 11.3 Å². The van der Waals surface area contributed by atoms with Crippen LogP contribution in [0.1, 0.15) is 48.3 Å². The van der Waals surface area contributed by atoms with Crippen molar-refractivity contribution >= 4 is 11.6 Å². The van der Waals surface area contributed by atoms with E-state index in [9.17, 15) is 22.4 Å². The van der Waals surface area contributed by atoms with Crippen LogP contribution in [0.3, 0.4) is 0 Å². The molecule has 0 radical (unpaired) electrons. The zero-order valence-electron chi connectivity index (χ0n) is 18.4. The predicted molar refractivity (Wildman–Crippen MR) is 116 cm³/mol. The molecule has 180 valence electrons. The molecular formula is C24H24F4N4O2. The molecular weight excluding hydrogens is 452 g/mol. The van der Waals surface area contributed by atoms with E-state index >= 15 is 0 Å². The van der Waals surface area contributed by atoms with Gasteiger partial charge in [0.25, 0.3) is 0 Å². The number of hydrogen-bond acceptors (Lipinski definition) is 5. The van der Waals surface area contributed by atoms with Crippen LogP contribution in [0.25, 0.3) is 16.9 Å². The van der Waals surface area contributed by atoms with Crippen molar-refractivity contribution in [3.05, 3.63) is 53.6 Å². The van der Waals surface area contributed by atoms with Gasteiger partial charge < -0.3 is 4.74 Å². The monoisotopic (exact) mass is 476 g/mol. The topological polar surface area (TPSA) is 59.7 Å². The third-order valence-electron chi connectivity index (χ3n) is 6.72. The van der Waals surface area contributed by atoms with Crippen molar-refractivity contribution in [3.63, 3.8) is 0 Å². The highest BCUT2D eigenvalue weighted by Gasteiger charge is 2.36. The molecule has 10 heteroatoms. The van der Waals surface area contributed by atoms with E-state index in [1.807, 2.05) is 0 Å². The Morgan fingerprint density at radius 2 is 1.82 bits per heavy atom. The Hall–Kier alpha value is -3.01. The first-order valence-corrected chi connectivity index (χ1v) is 11.4. The number of ether oxygens (including phenoxy) is 1. The largest absolute Gasteiger partial charge is 0.461 e. The summed E-state index contributed by atoms with van der Waals surface area (Å²) in [4.78, 5) is 19.4. The Balaban J connectivity index is 1.40. The van der Waals surface area contributed by atoms with Gasteiger partial charge in [-0.05, 0) is 69.1 Å². The molecule has 0 unspecified atom stereocenters. The van der Waals surface area contributed by atoms with Gasteiger partial charge >= 0.3 is 12.1 Å². The van der Waals surface area contributed by atoms with Gasteiger partial charge in [0.15, 0.2) is 17.0 Å². The Morgan fingerprint density at radius 3 is 2.59 bits per heavy atom. The molecule has 2 saturated heterocycles. The molecule has 0 saturated carbocycles. The first-order chi connectivity index (χ1) is 16.3. The lowest BCUT2D eigenvalue weighted by Crippen LogP contribution is -2.49. The van der Waals surface area contributed by atoms with Crippen LogP contribution in [0, 0.1) is 11.7 Å². The lowest BCUT2D eigenvalue weighted by Gasteiger charge is -2.44. The second-order valence-corrected chi connectivity index (χ2v) is 8.93. The third kappa shape index (κ3) is 4.51. The Bertz CT molecular complexity index is 1190. The van der Waals surface area contributed by atoms with Gasteiger partial charge in [0.05, 0.1) is 12.3 Å². The lowest BCUT2D eigenvalue weighted by atomic mass is 9.84. The Kier molecular flexibility index (Phi) is 6.01. The van der Waals surface area contributed by atoms with E-state index in [0.29, 0.717) is 16.1 Å². The molecule has 5 rings (SSSR count). The lowest BCUT2D eigenvalue weighted by molar-refractivity contribution is -0.142. The van der Waals surface area contributed by atoms with E-state index in [0.717, 1.165) is 57.0 Å². The van der Waals surface area contributed by atoms with Crippen molar-refractivity contribution in [1.29, 1.82) is 0 Å². The van der Waals surface area contributed by atoms with Crippen LogP contribution in [-0.4, -0.2) is 51.2 Å². The summed E-state index contributed by atoms with van der Waals surface area (Å²) in [7, 11) is 0. The molecule has 0 amide bonds. The zero-order chi connectivity index (χ0) is 23.9. The van der Waals surface area contributed by atoms with Crippen LogP contribution in [0.5, 0.6) is 0 Å². The fourth-order valence-electron chi connectivity index (χ4n) is 5.07. The van der Waals surface area contributed by atoms with Gasteiger partial charge in [-0.25, -0.2) is 18.7 Å². The number of alkyl halides is 3. The smallest absolute Gasteiger partial charge is 0.433 e. The number of piperidine rings is 2.